The molecule has 2 atom stereocenters. The molecule has 0 bridgehead atoms. The molecule has 1 amide bonds. The third kappa shape index (κ3) is 3.00. The van der Waals surface area contributed by atoms with Crippen LogP contribution in [0.15, 0.2) is 36.7 Å². The third-order valence-electron chi connectivity index (χ3n) is 4.89. The Bertz CT molecular complexity index is 732. The van der Waals surface area contributed by atoms with E-state index in [0.717, 1.165) is 37.2 Å². The minimum atomic E-state index is -0.132. The topological polar surface area (TPSA) is 47.4 Å². The quantitative estimate of drug-likeness (QED) is 0.840. The average Bonchev–Trinajstić information content (AvgIpc) is 3.15. The zero-order valence-electron chi connectivity index (χ0n) is 13.4. The van der Waals surface area contributed by atoms with Gasteiger partial charge in [0.05, 0.1) is 12.0 Å². The zero-order valence-corrected chi connectivity index (χ0v) is 14.2. The molecule has 1 fully saturated rings. The summed E-state index contributed by atoms with van der Waals surface area (Å²) in [5.74, 6) is 0.890. The van der Waals surface area contributed by atoms with Crippen LogP contribution in [0.4, 0.5) is 0 Å². The van der Waals surface area contributed by atoms with Crippen molar-refractivity contribution in [2.24, 2.45) is 5.92 Å². The van der Waals surface area contributed by atoms with Gasteiger partial charge in [-0.25, -0.2) is 0 Å². The van der Waals surface area contributed by atoms with Gasteiger partial charge in [0.25, 0.3) is 0 Å². The molecule has 5 nitrogen and oxygen atoms in total. The normalized spacial score (nSPS) is 23.5. The molecule has 6 heteroatoms. The maximum absolute atomic E-state index is 12.9. The molecule has 0 unspecified atom stereocenters. The average molecular weight is 346 g/mol. The first kappa shape index (κ1) is 15.5. The third-order valence-corrected chi connectivity index (χ3v) is 5.12. The number of likely N-dealkylation sites (tertiary alicyclic amines) is 1. The number of benzene rings is 1. The van der Waals surface area contributed by atoms with E-state index < -0.39 is 0 Å². The molecular weight excluding hydrogens is 326 g/mol. The van der Waals surface area contributed by atoms with Crippen molar-refractivity contribution in [2.45, 2.75) is 25.3 Å². The maximum atomic E-state index is 12.9. The number of halogens is 1. The summed E-state index contributed by atoms with van der Waals surface area (Å²) in [5.41, 5.74) is 1.02. The molecule has 1 aromatic heterocycles. The predicted molar refractivity (Wildman–Crippen MR) is 91.2 cm³/mol. The van der Waals surface area contributed by atoms with Crippen LogP contribution in [-0.2, 0) is 11.2 Å². The first-order chi connectivity index (χ1) is 11.7. The lowest BCUT2D eigenvalue weighted by Gasteiger charge is -2.36. The van der Waals surface area contributed by atoms with E-state index in [2.05, 4.69) is 5.10 Å². The molecule has 0 aliphatic carbocycles. The van der Waals surface area contributed by atoms with Crippen molar-refractivity contribution in [3.63, 3.8) is 0 Å². The van der Waals surface area contributed by atoms with Crippen LogP contribution in [0, 0.1) is 5.92 Å². The number of fused-ring (bicyclic) bond motifs is 1. The van der Waals surface area contributed by atoms with Crippen molar-refractivity contribution in [3.05, 3.63) is 47.2 Å². The van der Waals surface area contributed by atoms with Crippen LogP contribution >= 0.6 is 11.6 Å². The maximum Gasteiger partial charge on any atom is 0.229 e. The number of rotatable bonds is 2. The van der Waals surface area contributed by atoms with E-state index in [1.807, 2.05) is 40.0 Å². The zero-order chi connectivity index (χ0) is 16.5. The first-order valence-electron chi connectivity index (χ1n) is 8.40. The van der Waals surface area contributed by atoms with Crippen LogP contribution in [0.25, 0.3) is 0 Å². The van der Waals surface area contributed by atoms with E-state index in [-0.39, 0.29) is 17.9 Å². The molecule has 2 aliphatic rings. The van der Waals surface area contributed by atoms with Gasteiger partial charge in [0, 0.05) is 30.5 Å². The van der Waals surface area contributed by atoms with Crippen LogP contribution in [0.5, 0.6) is 5.75 Å². The minimum absolute atomic E-state index is 0.132. The van der Waals surface area contributed by atoms with E-state index in [9.17, 15) is 4.79 Å². The second kappa shape index (κ2) is 6.48. The van der Waals surface area contributed by atoms with Gasteiger partial charge in [0.15, 0.2) is 0 Å². The van der Waals surface area contributed by atoms with Crippen molar-refractivity contribution >= 4 is 17.5 Å². The van der Waals surface area contributed by atoms with Crippen molar-refractivity contribution in [2.75, 3.05) is 19.7 Å². The van der Waals surface area contributed by atoms with Gasteiger partial charge >= 0.3 is 0 Å². The monoisotopic (exact) mass is 345 g/mol. The lowest BCUT2D eigenvalue weighted by molar-refractivity contribution is -0.138. The van der Waals surface area contributed by atoms with E-state index in [0.29, 0.717) is 18.1 Å². The number of hydrogen-bond donors (Lipinski definition) is 0. The van der Waals surface area contributed by atoms with E-state index in [4.69, 9.17) is 16.3 Å². The number of carbonyl (C=O) groups excluding carboxylic acids is 1. The van der Waals surface area contributed by atoms with Gasteiger partial charge in [-0.1, -0.05) is 11.6 Å². The minimum Gasteiger partial charge on any atom is -0.492 e. The van der Waals surface area contributed by atoms with Gasteiger partial charge in [-0.05, 0) is 49.1 Å². The van der Waals surface area contributed by atoms with Gasteiger partial charge < -0.3 is 9.64 Å². The Morgan fingerprint density at radius 1 is 1.38 bits per heavy atom. The lowest BCUT2D eigenvalue weighted by atomic mass is 9.94. The molecule has 1 saturated heterocycles. The Kier molecular flexibility index (Phi) is 4.19. The van der Waals surface area contributed by atoms with E-state index >= 15 is 0 Å². The summed E-state index contributed by atoms with van der Waals surface area (Å²) in [6.45, 7) is 1.98. The Morgan fingerprint density at radius 2 is 2.29 bits per heavy atom. The van der Waals surface area contributed by atoms with E-state index in [1.165, 1.54) is 0 Å². The number of ether oxygens (including phenoxy) is 1. The van der Waals surface area contributed by atoms with Crippen LogP contribution in [0.1, 0.15) is 24.4 Å². The summed E-state index contributed by atoms with van der Waals surface area (Å²) in [6, 6.07) is 7.80. The van der Waals surface area contributed by atoms with Gasteiger partial charge in [-0.15, -0.1) is 0 Å². The summed E-state index contributed by atoms with van der Waals surface area (Å²) in [7, 11) is 0. The van der Waals surface area contributed by atoms with Crippen molar-refractivity contribution in [1.29, 1.82) is 0 Å². The summed E-state index contributed by atoms with van der Waals surface area (Å²) in [6.07, 6.45) is 6.52. The number of aromatic nitrogens is 2. The number of piperidine rings is 1. The molecule has 3 heterocycles. The highest BCUT2D eigenvalue weighted by molar-refractivity contribution is 6.30. The highest BCUT2D eigenvalue weighted by atomic mass is 35.5. The standard InChI is InChI=1S/C18H20ClN3O2/c19-15-4-5-17-13(10-15)9-14(12-24-17)18(23)21-7-1-3-16(11-21)22-8-2-6-20-22/h2,4-6,8,10,14,16H,1,3,7,9,11-12H2/t14-,16+/m1/s1. The van der Waals surface area contributed by atoms with Gasteiger partial charge in [0.1, 0.15) is 12.4 Å². The van der Waals surface area contributed by atoms with Crippen molar-refractivity contribution in [3.8, 4) is 5.75 Å². The highest BCUT2D eigenvalue weighted by Crippen LogP contribution is 2.31. The molecule has 24 heavy (non-hydrogen) atoms. The van der Waals surface area contributed by atoms with Crippen LogP contribution in [-0.4, -0.2) is 40.3 Å². The fourth-order valence-corrected chi connectivity index (χ4v) is 3.84. The highest BCUT2D eigenvalue weighted by Gasteiger charge is 2.32. The molecule has 0 N–H and O–H groups in total. The molecular formula is C18H20ClN3O2. The van der Waals surface area contributed by atoms with Gasteiger partial charge in [-0.2, -0.15) is 5.10 Å². The molecule has 2 aromatic rings. The number of nitrogens with zero attached hydrogens (tertiary/aromatic N) is 3. The Hall–Kier alpha value is -2.01. The Balaban J connectivity index is 1.46. The van der Waals surface area contributed by atoms with Crippen molar-refractivity contribution < 1.29 is 9.53 Å². The lowest BCUT2D eigenvalue weighted by Crippen LogP contribution is -2.46. The number of hydrogen-bond acceptors (Lipinski definition) is 3. The largest absolute Gasteiger partial charge is 0.492 e. The fourth-order valence-electron chi connectivity index (χ4n) is 3.65. The second-order valence-electron chi connectivity index (χ2n) is 6.53. The molecule has 0 saturated carbocycles. The molecule has 0 radical (unpaired) electrons. The smallest absolute Gasteiger partial charge is 0.229 e. The Labute approximate surface area is 146 Å². The second-order valence-corrected chi connectivity index (χ2v) is 6.97. The molecule has 2 aliphatic heterocycles. The summed E-state index contributed by atoms with van der Waals surface area (Å²) in [4.78, 5) is 14.9. The predicted octanol–water partition coefficient (Wildman–Crippen LogP) is 2.95. The van der Waals surface area contributed by atoms with Crippen LogP contribution < -0.4 is 4.74 Å². The van der Waals surface area contributed by atoms with E-state index in [1.54, 1.807) is 6.20 Å². The van der Waals surface area contributed by atoms with Crippen molar-refractivity contribution in [1.82, 2.24) is 14.7 Å². The summed E-state index contributed by atoms with van der Waals surface area (Å²) >= 11 is 6.07. The molecule has 1 aromatic carbocycles. The number of amides is 1. The number of carbonyl (C=O) groups is 1. The van der Waals surface area contributed by atoms with Crippen LogP contribution in [0.3, 0.4) is 0 Å². The SMILES string of the molecule is O=C([C@H]1COc2ccc(Cl)cc2C1)N1CCC[C@H](n2cccn2)C1. The summed E-state index contributed by atoms with van der Waals surface area (Å²) in [5, 5.41) is 5.01. The molecule has 4 rings (SSSR count). The van der Waals surface area contributed by atoms with Crippen LogP contribution in [0.2, 0.25) is 5.02 Å². The fraction of sp³-hybridized carbons (Fsp3) is 0.444. The van der Waals surface area contributed by atoms with Gasteiger partial charge in [-0.3, -0.25) is 9.48 Å². The Morgan fingerprint density at radius 3 is 3.12 bits per heavy atom. The first-order valence-corrected chi connectivity index (χ1v) is 8.77. The molecule has 0 spiro atoms. The van der Waals surface area contributed by atoms with Gasteiger partial charge in [0.2, 0.25) is 5.91 Å². The summed E-state index contributed by atoms with van der Waals surface area (Å²) < 4.78 is 7.74. The molecule has 126 valence electrons.